The minimum absolute atomic E-state index is 0.0468. The summed E-state index contributed by atoms with van der Waals surface area (Å²) in [6, 6.07) is 3.83. The smallest absolute Gasteiger partial charge is 0.223 e. The fourth-order valence-corrected chi connectivity index (χ4v) is 3.79. The predicted octanol–water partition coefficient (Wildman–Crippen LogP) is 3.78. The van der Waals surface area contributed by atoms with Crippen LogP contribution in [0.3, 0.4) is 0 Å². The normalized spacial score (nSPS) is 32.4. The van der Waals surface area contributed by atoms with Crippen molar-refractivity contribution >= 4 is 5.91 Å². The highest BCUT2D eigenvalue weighted by molar-refractivity contribution is 5.83. The molecule has 1 aromatic carbocycles. The fraction of sp³-hybridized carbons (Fsp3) is 0.632. The number of methoxy groups -OCH3 is 1. The SMILES string of the molecule is COC1(CNC(=O)[C@H]2C[C@H]2c2c(F)cccc2F)CCC(C)CC1. The van der Waals surface area contributed by atoms with Gasteiger partial charge in [-0.1, -0.05) is 13.0 Å². The molecule has 0 heterocycles. The van der Waals surface area contributed by atoms with Crippen molar-refractivity contribution < 1.29 is 18.3 Å². The lowest BCUT2D eigenvalue weighted by molar-refractivity contribution is -0.124. The molecule has 2 aliphatic rings. The number of halogens is 2. The molecule has 0 unspecified atom stereocenters. The fourth-order valence-electron chi connectivity index (χ4n) is 3.79. The summed E-state index contributed by atoms with van der Waals surface area (Å²) in [5.74, 6) is -1.25. The van der Waals surface area contributed by atoms with E-state index in [4.69, 9.17) is 4.74 Å². The zero-order valence-corrected chi connectivity index (χ0v) is 14.3. The largest absolute Gasteiger partial charge is 0.376 e. The lowest BCUT2D eigenvalue weighted by Crippen LogP contribution is -2.47. The summed E-state index contributed by atoms with van der Waals surface area (Å²) < 4.78 is 33.3. The number of carbonyl (C=O) groups is 1. The van der Waals surface area contributed by atoms with Gasteiger partial charge in [0.1, 0.15) is 11.6 Å². The third-order valence-corrected chi connectivity index (χ3v) is 5.70. The molecule has 1 N–H and O–H groups in total. The summed E-state index contributed by atoms with van der Waals surface area (Å²) in [4.78, 5) is 12.4. The Labute approximate surface area is 141 Å². The topological polar surface area (TPSA) is 38.3 Å². The van der Waals surface area contributed by atoms with E-state index in [-0.39, 0.29) is 28.9 Å². The predicted molar refractivity (Wildman–Crippen MR) is 87.6 cm³/mol. The van der Waals surface area contributed by atoms with Gasteiger partial charge in [-0.3, -0.25) is 4.79 Å². The average molecular weight is 337 g/mol. The molecule has 3 nitrogen and oxygen atoms in total. The molecule has 2 atom stereocenters. The standard InChI is InChI=1S/C19H25F2NO2/c1-12-6-8-19(24-2,9-7-12)11-22-18(23)14-10-13(14)17-15(20)4-3-5-16(17)21/h3-5,12-14H,6-11H2,1-2H3,(H,22,23)/t12?,13-,14+,19?/m1/s1. The van der Waals surface area contributed by atoms with Gasteiger partial charge in [-0.15, -0.1) is 0 Å². The molecule has 0 aliphatic heterocycles. The van der Waals surface area contributed by atoms with Crippen molar-refractivity contribution in [3.63, 3.8) is 0 Å². The van der Waals surface area contributed by atoms with E-state index in [1.165, 1.54) is 18.2 Å². The van der Waals surface area contributed by atoms with Crippen LogP contribution in [0.2, 0.25) is 0 Å². The lowest BCUT2D eigenvalue weighted by atomic mass is 9.79. The van der Waals surface area contributed by atoms with Crippen LogP contribution >= 0.6 is 0 Å². The summed E-state index contributed by atoms with van der Waals surface area (Å²) in [6.07, 6.45) is 4.55. The molecule has 24 heavy (non-hydrogen) atoms. The first kappa shape index (κ1) is 17.3. The van der Waals surface area contributed by atoms with Crippen molar-refractivity contribution in [3.05, 3.63) is 35.4 Å². The molecule has 3 rings (SSSR count). The maximum atomic E-state index is 13.8. The second-order valence-electron chi connectivity index (χ2n) is 7.37. The summed E-state index contributed by atoms with van der Waals surface area (Å²) in [5.41, 5.74) is -0.249. The second-order valence-corrected chi connectivity index (χ2v) is 7.37. The van der Waals surface area contributed by atoms with E-state index in [0.29, 0.717) is 18.9 Å². The Morgan fingerprint density at radius 2 is 1.92 bits per heavy atom. The Kier molecular flexibility index (Phi) is 4.90. The molecule has 0 spiro atoms. The third kappa shape index (κ3) is 3.46. The van der Waals surface area contributed by atoms with Crippen LogP contribution in [0.4, 0.5) is 8.78 Å². The van der Waals surface area contributed by atoms with Crippen molar-refractivity contribution in [2.75, 3.05) is 13.7 Å². The highest BCUT2D eigenvalue weighted by atomic mass is 19.1. The summed E-state index contributed by atoms with van der Waals surface area (Å²) in [6.45, 7) is 2.70. The Hall–Kier alpha value is -1.49. The van der Waals surface area contributed by atoms with E-state index in [2.05, 4.69) is 12.2 Å². The van der Waals surface area contributed by atoms with Crippen LogP contribution < -0.4 is 5.32 Å². The number of nitrogens with one attached hydrogen (secondary N) is 1. The van der Waals surface area contributed by atoms with Gasteiger partial charge in [0, 0.05) is 31.1 Å². The van der Waals surface area contributed by atoms with Crippen molar-refractivity contribution in [2.45, 2.75) is 50.5 Å². The number of rotatable bonds is 5. The van der Waals surface area contributed by atoms with Crippen molar-refractivity contribution in [3.8, 4) is 0 Å². The maximum absolute atomic E-state index is 13.8. The Morgan fingerprint density at radius 1 is 1.29 bits per heavy atom. The average Bonchev–Trinajstić information content (AvgIpc) is 3.35. The number of amides is 1. The quantitative estimate of drug-likeness (QED) is 0.888. The van der Waals surface area contributed by atoms with E-state index >= 15 is 0 Å². The summed E-state index contributed by atoms with van der Waals surface area (Å²) in [5, 5.41) is 2.95. The van der Waals surface area contributed by atoms with Gasteiger partial charge in [0.25, 0.3) is 0 Å². The molecule has 2 saturated carbocycles. The molecule has 0 radical (unpaired) electrons. The molecular weight excluding hydrogens is 312 g/mol. The van der Waals surface area contributed by atoms with Crippen LogP contribution in [0.5, 0.6) is 0 Å². The molecule has 1 aromatic rings. The number of hydrogen-bond acceptors (Lipinski definition) is 2. The van der Waals surface area contributed by atoms with Crippen LogP contribution in [-0.4, -0.2) is 25.2 Å². The van der Waals surface area contributed by atoms with Crippen molar-refractivity contribution in [2.24, 2.45) is 11.8 Å². The molecular formula is C19H25F2NO2. The maximum Gasteiger partial charge on any atom is 0.223 e. The van der Waals surface area contributed by atoms with Crippen LogP contribution in [0.1, 0.15) is 50.5 Å². The lowest BCUT2D eigenvalue weighted by Gasteiger charge is -2.38. The highest BCUT2D eigenvalue weighted by Gasteiger charge is 2.47. The van der Waals surface area contributed by atoms with Gasteiger partial charge in [-0.25, -0.2) is 8.78 Å². The Morgan fingerprint density at radius 3 is 2.50 bits per heavy atom. The van der Waals surface area contributed by atoms with E-state index in [1.807, 2.05) is 0 Å². The molecule has 0 saturated heterocycles. The summed E-state index contributed by atoms with van der Waals surface area (Å²) >= 11 is 0. The molecule has 0 bridgehead atoms. The number of benzene rings is 1. The first-order valence-electron chi connectivity index (χ1n) is 8.72. The first-order valence-corrected chi connectivity index (χ1v) is 8.72. The second kappa shape index (κ2) is 6.79. The molecule has 5 heteroatoms. The van der Waals surface area contributed by atoms with Crippen LogP contribution in [-0.2, 0) is 9.53 Å². The van der Waals surface area contributed by atoms with E-state index in [9.17, 15) is 13.6 Å². The number of hydrogen-bond donors (Lipinski definition) is 1. The monoisotopic (exact) mass is 337 g/mol. The minimum Gasteiger partial charge on any atom is -0.376 e. The number of ether oxygens (including phenoxy) is 1. The van der Waals surface area contributed by atoms with E-state index in [0.717, 1.165) is 25.7 Å². The molecule has 1 amide bonds. The van der Waals surface area contributed by atoms with E-state index in [1.54, 1.807) is 7.11 Å². The van der Waals surface area contributed by atoms with Gasteiger partial charge in [0.2, 0.25) is 5.91 Å². The van der Waals surface area contributed by atoms with Gasteiger partial charge >= 0.3 is 0 Å². The van der Waals surface area contributed by atoms with Gasteiger partial charge in [0.15, 0.2) is 0 Å². The minimum atomic E-state index is -0.565. The van der Waals surface area contributed by atoms with Gasteiger partial charge in [-0.2, -0.15) is 0 Å². The molecule has 2 aliphatic carbocycles. The first-order chi connectivity index (χ1) is 11.5. The Bertz CT molecular complexity index is 591. The zero-order chi connectivity index (χ0) is 17.3. The van der Waals surface area contributed by atoms with Crippen LogP contribution in [0.25, 0.3) is 0 Å². The van der Waals surface area contributed by atoms with Gasteiger partial charge < -0.3 is 10.1 Å². The van der Waals surface area contributed by atoms with Crippen LogP contribution in [0.15, 0.2) is 18.2 Å². The molecule has 132 valence electrons. The van der Waals surface area contributed by atoms with E-state index < -0.39 is 11.6 Å². The Balaban J connectivity index is 1.57. The zero-order valence-electron chi connectivity index (χ0n) is 14.3. The van der Waals surface area contributed by atoms with Gasteiger partial charge in [0.05, 0.1) is 5.60 Å². The highest BCUT2D eigenvalue weighted by Crippen LogP contribution is 2.49. The third-order valence-electron chi connectivity index (χ3n) is 5.70. The van der Waals surface area contributed by atoms with Crippen LogP contribution in [0, 0.1) is 23.5 Å². The molecule has 0 aromatic heterocycles. The van der Waals surface area contributed by atoms with Gasteiger partial charge in [-0.05, 0) is 50.2 Å². The van der Waals surface area contributed by atoms with Crippen molar-refractivity contribution in [1.82, 2.24) is 5.32 Å². The summed E-state index contributed by atoms with van der Waals surface area (Å²) in [7, 11) is 1.69. The number of carbonyl (C=O) groups excluding carboxylic acids is 1. The molecule has 2 fully saturated rings. The van der Waals surface area contributed by atoms with Crippen molar-refractivity contribution in [1.29, 1.82) is 0 Å².